The minimum absolute atomic E-state index is 0.0616. The Bertz CT molecular complexity index is 1040. The molecule has 0 saturated carbocycles. The highest BCUT2D eigenvalue weighted by molar-refractivity contribution is 5.88. The molecule has 0 aliphatic carbocycles. The van der Waals surface area contributed by atoms with E-state index >= 15 is 0 Å². The predicted molar refractivity (Wildman–Crippen MR) is 103 cm³/mol. The zero-order chi connectivity index (χ0) is 19.4. The van der Waals surface area contributed by atoms with Gasteiger partial charge in [0.1, 0.15) is 18.2 Å². The Balaban J connectivity index is 1.78. The Morgan fingerprint density at radius 1 is 1.26 bits per heavy atom. The number of hydrogen-bond donors (Lipinski definition) is 0. The monoisotopic (exact) mass is 362 g/mol. The molecule has 0 atom stereocenters. The summed E-state index contributed by atoms with van der Waals surface area (Å²) in [5, 5.41) is 20.9. The number of hydrogen-bond acceptors (Lipinski definition) is 6. The van der Waals surface area contributed by atoms with Gasteiger partial charge in [-0.25, -0.2) is 4.98 Å². The number of nitrogens with zero attached hydrogens (tertiary/aromatic N) is 4. The number of benzene rings is 2. The van der Waals surface area contributed by atoms with Crippen molar-refractivity contribution in [2.24, 2.45) is 0 Å². The Morgan fingerprint density at radius 3 is 2.78 bits per heavy atom. The van der Waals surface area contributed by atoms with E-state index in [9.17, 15) is 15.4 Å². The summed E-state index contributed by atoms with van der Waals surface area (Å²) >= 11 is 0. The SMILES string of the molecule is Cc1cccc(OCCN(C)c2cc(C#N)c3cc([N+](=O)[O-])ccc3n2)c1. The number of fused-ring (bicyclic) bond motifs is 1. The van der Waals surface area contributed by atoms with Gasteiger partial charge in [0, 0.05) is 24.6 Å². The number of nitriles is 1. The molecule has 0 aliphatic rings. The molecule has 0 fully saturated rings. The molecule has 3 rings (SSSR count). The summed E-state index contributed by atoms with van der Waals surface area (Å²) in [4.78, 5) is 16.9. The van der Waals surface area contributed by atoms with Gasteiger partial charge < -0.3 is 9.64 Å². The highest BCUT2D eigenvalue weighted by atomic mass is 16.6. The van der Waals surface area contributed by atoms with Crippen molar-refractivity contribution in [2.45, 2.75) is 6.92 Å². The molecule has 7 nitrogen and oxygen atoms in total. The maximum atomic E-state index is 11.0. The number of nitro groups is 1. The summed E-state index contributed by atoms with van der Waals surface area (Å²) < 4.78 is 5.76. The molecule has 0 spiro atoms. The van der Waals surface area contributed by atoms with Gasteiger partial charge in [-0.15, -0.1) is 0 Å². The second-order valence-electron chi connectivity index (χ2n) is 6.18. The first kappa shape index (κ1) is 18.1. The van der Waals surface area contributed by atoms with Crippen LogP contribution in [-0.2, 0) is 0 Å². The lowest BCUT2D eigenvalue weighted by Crippen LogP contribution is -2.24. The number of aromatic nitrogens is 1. The summed E-state index contributed by atoms with van der Waals surface area (Å²) in [5.74, 6) is 1.42. The Labute approximate surface area is 156 Å². The van der Waals surface area contributed by atoms with Crippen LogP contribution in [0.5, 0.6) is 5.75 Å². The van der Waals surface area contributed by atoms with Crippen LogP contribution in [0.25, 0.3) is 10.9 Å². The first-order valence-electron chi connectivity index (χ1n) is 8.38. The molecule has 136 valence electrons. The van der Waals surface area contributed by atoms with Gasteiger partial charge in [0.25, 0.3) is 5.69 Å². The van der Waals surface area contributed by atoms with E-state index in [1.54, 1.807) is 12.1 Å². The highest BCUT2D eigenvalue weighted by Crippen LogP contribution is 2.26. The Hall–Kier alpha value is -3.66. The van der Waals surface area contributed by atoms with Gasteiger partial charge in [-0.3, -0.25) is 10.1 Å². The van der Waals surface area contributed by atoms with E-state index in [2.05, 4.69) is 11.1 Å². The van der Waals surface area contributed by atoms with Gasteiger partial charge >= 0.3 is 0 Å². The first-order chi connectivity index (χ1) is 13.0. The molecule has 0 aliphatic heterocycles. The van der Waals surface area contributed by atoms with Crippen LogP contribution in [0.3, 0.4) is 0 Å². The molecule has 3 aromatic rings. The molecule has 7 heteroatoms. The number of anilines is 1. The summed E-state index contributed by atoms with van der Waals surface area (Å²) in [5.41, 5.74) is 1.96. The smallest absolute Gasteiger partial charge is 0.270 e. The molecule has 2 aromatic carbocycles. The summed E-state index contributed by atoms with van der Waals surface area (Å²) in [6.07, 6.45) is 0. The predicted octanol–water partition coefficient (Wildman–Crippen LogP) is 3.84. The number of ether oxygens (including phenoxy) is 1. The van der Waals surface area contributed by atoms with Crippen molar-refractivity contribution in [2.75, 3.05) is 25.1 Å². The summed E-state index contributed by atoms with van der Waals surface area (Å²) in [7, 11) is 1.86. The number of nitro benzene ring substituents is 1. The topological polar surface area (TPSA) is 92.3 Å². The summed E-state index contributed by atoms with van der Waals surface area (Å²) in [6.45, 7) is 3.04. The van der Waals surface area contributed by atoms with Gasteiger partial charge in [0.15, 0.2) is 0 Å². The fourth-order valence-electron chi connectivity index (χ4n) is 2.72. The molecule has 0 N–H and O–H groups in total. The standard InChI is InChI=1S/C20H18N4O3/c1-14-4-3-5-17(10-14)27-9-8-23(2)20-11-15(13-21)18-12-16(24(25)26)6-7-19(18)22-20/h3-7,10-12H,8-9H2,1-2H3. The lowest BCUT2D eigenvalue weighted by atomic mass is 10.1. The van der Waals surface area contributed by atoms with Crippen LogP contribution in [0.2, 0.25) is 0 Å². The van der Waals surface area contributed by atoms with Crippen molar-refractivity contribution in [3.8, 4) is 11.8 Å². The number of pyridine rings is 1. The van der Waals surface area contributed by atoms with Crippen molar-refractivity contribution in [1.82, 2.24) is 4.98 Å². The van der Waals surface area contributed by atoms with Crippen molar-refractivity contribution in [1.29, 1.82) is 5.26 Å². The molecule has 0 radical (unpaired) electrons. The second kappa shape index (κ2) is 7.70. The fraction of sp³-hybridized carbons (Fsp3) is 0.200. The molecule has 0 amide bonds. The molecule has 1 aromatic heterocycles. The normalized spacial score (nSPS) is 10.4. The molecular weight excluding hydrogens is 344 g/mol. The quantitative estimate of drug-likeness (QED) is 0.489. The second-order valence-corrected chi connectivity index (χ2v) is 6.18. The first-order valence-corrected chi connectivity index (χ1v) is 8.38. The highest BCUT2D eigenvalue weighted by Gasteiger charge is 2.13. The molecule has 0 saturated heterocycles. The van der Waals surface area contributed by atoms with E-state index in [1.165, 1.54) is 12.1 Å². The molecule has 0 unspecified atom stereocenters. The van der Waals surface area contributed by atoms with Gasteiger partial charge in [-0.05, 0) is 36.8 Å². The van der Waals surface area contributed by atoms with Crippen LogP contribution >= 0.6 is 0 Å². The third-order valence-electron chi connectivity index (χ3n) is 4.19. The van der Waals surface area contributed by atoms with Crippen molar-refractivity contribution >= 4 is 22.4 Å². The average Bonchev–Trinajstić information content (AvgIpc) is 2.66. The lowest BCUT2D eigenvalue weighted by molar-refractivity contribution is -0.384. The van der Waals surface area contributed by atoms with Crippen LogP contribution in [0.1, 0.15) is 11.1 Å². The third kappa shape index (κ3) is 4.12. The largest absolute Gasteiger partial charge is 0.492 e. The minimum atomic E-state index is -0.483. The molecule has 0 bridgehead atoms. The van der Waals surface area contributed by atoms with E-state index in [-0.39, 0.29) is 5.69 Å². The Kier molecular flexibility index (Phi) is 5.18. The maximum Gasteiger partial charge on any atom is 0.270 e. The third-order valence-corrected chi connectivity index (χ3v) is 4.19. The van der Waals surface area contributed by atoms with Crippen LogP contribution < -0.4 is 9.64 Å². The van der Waals surface area contributed by atoms with Crippen molar-refractivity contribution in [3.05, 3.63) is 69.8 Å². The Morgan fingerprint density at radius 2 is 2.07 bits per heavy atom. The van der Waals surface area contributed by atoms with E-state index in [0.29, 0.717) is 35.4 Å². The van der Waals surface area contributed by atoms with E-state index in [1.807, 2.05) is 43.1 Å². The van der Waals surface area contributed by atoms with Crippen molar-refractivity contribution in [3.63, 3.8) is 0 Å². The van der Waals surface area contributed by atoms with Gasteiger partial charge in [-0.1, -0.05) is 12.1 Å². The van der Waals surface area contributed by atoms with Crippen LogP contribution in [0, 0.1) is 28.4 Å². The molecule has 1 heterocycles. The van der Waals surface area contributed by atoms with Gasteiger partial charge in [0.05, 0.1) is 28.6 Å². The maximum absolute atomic E-state index is 11.0. The summed E-state index contributed by atoms with van der Waals surface area (Å²) in [6, 6.07) is 15.9. The lowest BCUT2D eigenvalue weighted by Gasteiger charge is -2.19. The zero-order valence-corrected chi connectivity index (χ0v) is 15.0. The van der Waals surface area contributed by atoms with Gasteiger partial charge in [0.2, 0.25) is 0 Å². The minimum Gasteiger partial charge on any atom is -0.492 e. The number of aryl methyl sites for hydroxylation is 1. The average molecular weight is 362 g/mol. The zero-order valence-electron chi connectivity index (χ0n) is 15.0. The van der Waals surface area contributed by atoms with Crippen LogP contribution in [0.15, 0.2) is 48.5 Å². The van der Waals surface area contributed by atoms with Gasteiger partial charge in [-0.2, -0.15) is 5.26 Å². The molecular formula is C20H18N4O3. The van der Waals surface area contributed by atoms with Crippen LogP contribution in [-0.4, -0.2) is 30.1 Å². The van der Waals surface area contributed by atoms with E-state index < -0.39 is 4.92 Å². The van der Waals surface area contributed by atoms with Crippen molar-refractivity contribution < 1.29 is 9.66 Å². The molecule has 27 heavy (non-hydrogen) atoms. The number of likely N-dealkylation sites (N-methyl/N-ethyl adjacent to an activating group) is 1. The van der Waals surface area contributed by atoms with E-state index in [4.69, 9.17) is 4.74 Å². The number of non-ortho nitro benzene ring substituents is 1. The van der Waals surface area contributed by atoms with Crippen LogP contribution in [0.4, 0.5) is 11.5 Å². The van der Waals surface area contributed by atoms with E-state index in [0.717, 1.165) is 11.3 Å². The number of rotatable bonds is 6. The fourth-order valence-corrected chi connectivity index (χ4v) is 2.72.